The van der Waals surface area contributed by atoms with Gasteiger partial charge in [-0.3, -0.25) is 0 Å². The summed E-state index contributed by atoms with van der Waals surface area (Å²) in [5.74, 6) is 1.55. The zero-order chi connectivity index (χ0) is 15.3. The van der Waals surface area contributed by atoms with Crippen molar-refractivity contribution >= 4 is 17.6 Å². The lowest BCUT2D eigenvalue weighted by Crippen LogP contribution is -2.53. The van der Waals surface area contributed by atoms with E-state index in [9.17, 15) is 0 Å². The number of hydrogen-bond donors (Lipinski definition) is 0. The van der Waals surface area contributed by atoms with Gasteiger partial charge in [0.1, 0.15) is 0 Å². The molecule has 0 N–H and O–H groups in total. The Morgan fingerprint density at radius 1 is 1.05 bits per heavy atom. The van der Waals surface area contributed by atoms with Crippen molar-refractivity contribution in [3.63, 3.8) is 0 Å². The van der Waals surface area contributed by atoms with Crippen LogP contribution >= 0.6 is 12.2 Å². The summed E-state index contributed by atoms with van der Waals surface area (Å²) >= 11 is 5.44. The summed E-state index contributed by atoms with van der Waals surface area (Å²) in [7, 11) is 0. The highest BCUT2D eigenvalue weighted by Gasteiger charge is 2.55. The second-order valence-electron chi connectivity index (χ2n) is 8.63. The molecule has 3 rings (SSSR count). The lowest BCUT2D eigenvalue weighted by Gasteiger charge is -2.60. The molecule has 0 spiro atoms. The molecule has 2 aliphatic carbocycles. The number of fused-ring (bicyclic) bond motifs is 2. The molecule has 0 saturated heterocycles. The molecule has 0 aromatic heterocycles. The fourth-order valence-electron chi connectivity index (χ4n) is 5.18. The molecule has 4 atom stereocenters. The van der Waals surface area contributed by atoms with Gasteiger partial charge in [0.05, 0.1) is 0 Å². The van der Waals surface area contributed by atoms with E-state index in [1.54, 1.807) is 5.56 Å². The molecule has 0 amide bonds. The number of benzene rings is 1. The van der Waals surface area contributed by atoms with Crippen LogP contribution < -0.4 is 0 Å². The van der Waals surface area contributed by atoms with Gasteiger partial charge >= 0.3 is 0 Å². The van der Waals surface area contributed by atoms with Gasteiger partial charge in [0.2, 0.25) is 0 Å². The van der Waals surface area contributed by atoms with E-state index in [4.69, 9.17) is 12.2 Å². The molecule has 21 heavy (non-hydrogen) atoms. The zero-order valence-corrected chi connectivity index (χ0v) is 14.7. The Morgan fingerprint density at radius 3 is 2.33 bits per heavy atom. The fraction of sp³-hybridized carbons (Fsp3) is 0.650. The van der Waals surface area contributed by atoms with Crippen LogP contribution in [0.4, 0.5) is 0 Å². The first-order valence-corrected chi connectivity index (χ1v) is 8.80. The van der Waals surface area contributed by atoms with Gasteiger partial charge in [0, 0.05) is 0 Å². The first kappa shape index (κ1) is 15.2. The predicted octanol–water partition coefficient (Wildman–Crippen LogP) is 5.80. The van der Waals surface area contributed by atoms with Crippen molar-refractivity contribution in [1.29, 1.82) is 0 Å². The van der Waals surface area contributed by atoms with E-state index in [1.165, 1.54) is 25.7 Å². The van der Waals surface area contributed by atoms with Crippen molar-refractivity contribution in [1.82, 2.24) is 0 Å². The molecule has 0 heterocycles. The fourth-order valence-corrected chi connectivity index (χ4v) is 5.36. The molecule has 0 nitrogen and oxygen atoms in total. The van der Waals surface area contributed by atoms with Gasteiger partial charge in [-0.2, -0.15) is 0 Å². The summed E-state index contributed by atoms with van der Waals surface area (Å²) in [6.45, 7) is 9.80. The SMILES string of the molecule is CC1CC2(c3ccccc3)CC(CC(C)(C=S)C2)C1(C)C. The van der Waals surface area contributed by atoms with E-state index in [2.05, 4.69) is 63.4 Å². The molecular weight excluding hydrogens is 272 g/mol. The van der Waals surface area contributed by atoms with Crippen molar-refractivity contribution in [3.05, 3.63) is 35.9 Å². The van der Waals surface area contributed by atoms with Crippen molar-refractivity contribution in [3.8, 4) is 0 Å². The second kappa shape index (κ2) is 4.91. The average Bonchev–Trinajstić information content (AvgIpc) is 2.46. The quantitative estimate of drug-likeness (QED) is 0.622. The normalized spacial score (nSPS) is 41.5. The molecule has 2 bridgehead atoms. The monoisotopic (exact) mass is 300 g/mol. The smallest absolute Gasteiger partial charge is 0.00306 e. The molecule has 1 aromatic rings. The molecule has 4 unspecified atom stereocenters. The summed E-state index contributed by atoms with van der Waals surface area (Å²) in [6.07, 6.45) is 5.14. The Balaban J connectivity index is 2.08. The van der Waals surface area contributed by atoms with Gasteiger partial charge < -0.3 is 0 Å². The van der Waals surface area contributed by atoms with Crippen molar-refractivity contribution in [2.45, 2.75) is 58.8 Å². The first-order chi connectivity index (χ1) is 9.81. The maximum absolute atomic E-state index is 5.44. The Bertz CT molecular complexity index is 528. The average molecular weight is 301 g/mol. The predicted molar refractivity (Wildman–Crippen MR) is 94.8 cm³/mol. The minimum Gasteiger partial charge on any atom is -0.0929 e. The van der Waals surface area contributed by atoms with Gasteiger partial charge in [0.15, 0.2) is 0 Å². The molecule has 114 valence electrons. The Hall–Kier alpha value is -0.690. The van der Waals surface area contributed by atoms with Crippen LogP contribution in [0.5, 0.6) is 0 Å². The third-order valence-corrected chi connectivity index (χ3v) is 7.35. The van der Waals surface area contributed by atoms with Crippen LogP contribution in [0.15, 0.2) is 30.3 Å². The third kappa shape index (κ3) is 2.38. The van der Waals surface area contributed by atoms with Crippen molar-refractivity contribution < 1.29 is 0 Å². The molecule has 0 aliphatic heterocycles. The summed E-state index contributed by atoms with van der Waals surface area (Å²) in [4.78, 5) is 0. The molecular formula is C20H28S. The van der Waals surface area contributed by atoms with Crippen LogP contribution in [0.25, 0.3) is 0 Å². The lowest BCUT2D eigenvalue weighted by atomic mass is 9.44. The van der Waals surface area contributed by atoms with E-state index in [-0.39, 0.29) is 5.41 Å². The Morgan fingerprint density at radius 2 is 1.71 bits per heavy atom. The minimum atomic E-state index is 0.214. The highest BCUT2D eigenvalue weighted by atomic mass is 32.1. The van der Waals surface area contributed by atoms with Gasteiger partial charge in [-0.15, -0.1) is 0 Å². The molecule has 2 saturated carbocycles. The van der Waals surface area contributed by atoms with Crippen LogP contribution in [0.2, 0.25) is 0 Å². The number of hydrogen-bond acceptors (Lipinski definition) is 1. The Kier molecular flexibility index (Phi) is 3.56. The van der Waals surface area contributed by atoms with Crippen LogP contribution in [-0.2, 0) is 5.41 Å². The van der Waals surface area contributed by atoms with Crippen LogP contribution in [0.1, 0.15) is 58.9 Å². The zero-order valence-electron chi connectivity index (χ0n) is 13.9. The van der Waals surface area contributed by atoms with Crippen LogP contribution in [-0.4, -0.2) is 5.37 Å². The standard InChI is InChI=1S/C20H28S/c1-15-10-20(16-8-6-5-7-9-16)12-17(18(15,2)3)11-19(4,13-20)14-21/h5-9,14-15,17H,10-13H2,1-4H3. The highest BCUT2D eigenvalue weighted by Crippen LogP contribution is 2.62. The van der Waals surface area contributed by atoms with E-state index in [1.807, 2.05) is 0 Å². The summed E-state index contributed by atoms with van der Waals surface area (Å²) in [5.41, 5.74) is 2.52. The van der Waals surface area contributed by atoms with E-state index in [0.29, 0.717) is 10.8 Å². The first-order valence-electron chi connectivity index (χ1n) is 8.33. The van der Waals surface area contributed by atoms with Gasteiger partial charge in [-0.1, -0.05) is 70.2 Å². The number of thiocarbonyl (C=S) groups is 1. The Labute approximate surface area is 135 Å². The largest absolute Gasteiger partial charge is 0.0929 e. The molecule has 1 heteroatoms. The second-order valence-corrected chi connectivity index (χ2v) is 8.86. The lowest BCUT2D eigenvalue weighted by molar-refractivity contribution is -0.0445. The maximum Gasteiger partial charge on any atom is -0.00306 e. The van der Waals surface area contributed by atoms with Gasteiger partial charge in [0.25, 0.3) is 0 Å². The summed E-state index contributed by atoms with van der Waals surface area (Å²) in [6, 6.07) is 11.2. The molecule has 0 radical (unpaired) electrons. The van der Waals surface area contributed by atoms with Crippen molar-refractivity contribution in [2.24, 2.45) is 22.7 Å². The minimum absolute atomic E-state index is 0.214. The molecule has 2 fully saturated rings. The number of rotatable bonds is 2. The maximum atomic E-state index is 5.44. The third-order valence-electron chi connectivity index (χ3n) is 6.78. The van der Waals surface area contributed by atoms with E-state index in [0.717, 1.165) is 11.8 Å². The van der Waals surface area contributed by atoms with E-state index < -0.39 is 0 Å². The summed E-state index contributed by atoms with van der Waals surface area (Å²) < 4.78 is 0. The molecule has 1 aromatic carbocycles. The van der Waals surface area contributed by atoms with Gasteiger partial charge in [-0.25, -0.2) is 0 Å². The van der Waals surface area contributed by atoms with Crippen molar-refractivity contribution in [2.75, 3.05) is 0 Å². The van der Waals surface area contributed by atoms with Crippen LogP contribution in [0, 0.1) is 22.7 Å². The summed E-state index contributed by atoms with van der Waals surface area (Å²) in [5, 5.41) is 2.07. The van der Waals surface area contributed by atoms with Crippen LogP contribution in [0.3, 0.4) is 0 Å². The molecule has 2 aliphatic rings. The van der Waals surface area contributed by atoms with Gasteiger partial charge in [-0.05, 0) is 64.7 Å². The van der Waals surface area contributed by atoms with E-state index >= 15 is 0 Å². The topological polar surface area (TPSA) is 0 Å². The highest BCUT2D eigenvalue weighted by molar-refractivity contribution is 7.79.